The zero-order valence-electron chi connectivity index (χ0n) is 9.30. The summed E-state index contributed by atoms with van der Waals surface area (Å²) in [6.07, 6.45) is 2.68. The Balaban J connectivity index is 2.06. The van der Waals surface area contributed by atoms with E-state index in [9.17, 15) is 0 Å². The van der Waals surface area contributed by atoms with Gasteiger partial charge in [-0.05, 0) is 18.6 Å². The summed E-state index contributed by atoms with van der Waals surface area (Å²) in [7, 11) is 0. The van der Waals surface area contributed by atoms with Crippen LogP contribution >= 0.6 is 0 Å². The third kappa shape index (κ3) is 1.78. The molecular weight excluding hydrogens is 218 g/mol. The van der Waals surface area contributed by atoms with E-state index >= 15 is 0 Å². The summed E-state index contributed by atoms with van der Waals surface area (Å²) < 4.78 is 10.5. The molecule has 0 saturated carbocycles. The van der Waals surface area contributed by atoms with Gasteiger partial charge in [-0.1, -0.05) is 11.2 Å². The topological polar surface area (TPSA) is 74.2 Å². The Hall–Kier alpha value is -1.88. The van der Waals surface area contributed by atoms with Gasteiger partial charge in [-0.25, -0.2) is 0 Å². The smallest absolute Gasteiger partial charge is 0.231 e. The van der Waals surface area contributed by atoms with Gasteiger partial charge in [0.25, 0.3) is 0 Å². The van der Waals surface area contributed by atoms with Gasteiger partial charge in [-0.2, -0.15) is 0 Å². The minimum absolute atomic E-state index is 0.257. The number of hydrogen-bond donors (Lipinski definition) is 1. The molecule has 1 atom stereocenters. The van der Waals surface area contributed by atoms with Crippen molar-refractivity contribution in [2.75, 3.05) is 18.9 Å². The Labute approximate surface area is 98.6 Å². The normalized spacial score (nSPS) is 19.6. The van der Waals surface area contributed by atoms with E-state index in [-0.39, 0.29) is 5.92 Å². The standard InChI is InChI=1S/C12H13N3O2/c13-12-10(9-3-1-2-5-14-9)11(15-17-12)8-4-6-16-7-8/h1-3,5,8H,4,6-7,13H2. The van der Waals surface area contributed by atoms with Crippen molar-refractivity contribution < 1.29 is 9.26 Å². The van der Waals surface area contributed by atoms with E-state index < -0.39 is 0 Å². The lowest BCUT2D eigenvalue weighted by Gasteiger charge is -2.05. The third-order valence-electron chi connectivity index (χ3n) is 2.98. The van der Waals surface area contributed by atoms with Crippen LogP contribution in [0.15, 0.2) is 28.9 Å². The zero-order valence-corrected chi connectivity index (χ0v) is 9.30. The fraction of sp³-hybridized carbons (Fsp3) is 0.333. The molecule has 88 valence electrons. The SMILES string of the molecule is Nc1onc(C2CCOC2)c1-c1ccccn1. The molecule has 0 amide bonds. The summed E-state index contributed by atoms with van der Waals surface area (Å²) >= 11 is 0. The lowest BCUT2D eigenvalue weighted by Crippen LogP contribution is -2.01. The van der Waals surface area contributed by atoms with E-state index in [4.69, 9.17) is 15.0 Å². The number of aromatic nitrogens is 2. The first-order valence-corrected chi connectivity index (χ1v) is 5.60. The Morgan fingerprint density at radius 1 is 1.35 bits per heavy atom. The molecule has 2 aromatic heterocycles. The molecular formula is C12H13N3O2. The number of ether oxygens (including phenoxy) is 1. The van der Waals surface area contributed by atoms with Crippen molar-refractivity contribution in [3.05, 3.63) is 30.1 Å². The van der Waals surface area contributed by atoms with Crippen LogP contribution in [0.25, 0.3) is 11.3 Å². The van der Waals surface area contributed by atoms with Crippen molar-refractivity contribution in [2.24, 2.45) is 0 Å². The monoisotopic (exact) mass is 231 g/mol. The van der Waals surface area contributed by atoms with Crippen LogP contribution in [-0.2, 0) is 4.74 Å². The van der Waals surface area contributed by atoms with Crippen molar-refractivity contribution in [1.29, 1.82) is 0 Å². The Morgan fingerprint density at radius 3 is 3.00 bits per heavy atom. The second-order valence-electron chi connectivity index (χ2n) is 4.08. The molecule has 17 heavy (non-hydrogen) atoms. The first kappa shape index (κ1) is 10.3. The van der Waals surface area contributed by atoms with Crippen LogP contribution in [-0.4, -0.2) is 23.4 Å². The van der Waals surface area contributed by atoms with E-state index in [1.165, 1.54) is 0 Å². The molecule has 2 N–H and O–H groups in total. The number of rotatable bonds is 2. The van der Waals surface area contributed by atoms with Crippen molar-refractivity contribution in [2.45, 2.75) is 12.3 Å². The van der Waals surface area contributed by atoms with Gasteiger partial charge in [-0.15, -0.1) is 0 Å². The third-order valence-corrected chi connectivity index (χ3v) is 2.98. The number of nitrogens with zero attached hydrogens (tertiary/aromatic N) is 2. The summed E-state index contributed by atoms with van der Waals surface area (Å²) in [5.74, 6) is 0.582. The van der Waals surface area contributed by atoms with Crippen LogP contribution in [0.5, 0.6) is 0 Å². The molecule has 2 aromatic rings. The van der Waals surface area contributed by atoms with Crippen LogP contribution in [0.4, 0.5) is 5.88 Å². The average Bonchev–Trinajstić information content (AvgIpc) is 2.98. The predicted octanol–water partition coefficient (Wildman–Crippen LogP) is 1.82. The van der Waals surface area contributed by atoms with Gasteiger partial charge in [0.2, 0.25) is 5.88 Å². The molecule has 0 aliphatic carbocycles. The number of anilines is 1. The Bertz CT molecular complexity index is 504. The van der Waals surface area contributed by atoms with Crippen molar-refractivity contribution in [3.63, 3.8) is 0 Å². The lowest BCUT2D eigenvalue weighted by atomic mass is 9.99. The fourth-order valence-corrected chi connectivity index (χ4v) is 2.11. The second-order valence-corrected chi connectivity index (χ2v) is 4.08. The maximum absolute atomic E-state index is 5.83. The van der Waals surface area contributed by atoms with Crippen LogP contribution in [0.1, 0.15) is 18.0 Å². The number of nitrogen functional groups attached to an aromatic ring is 1. The van der Waals surface area contributed by atoms with Crippen LogP contribution in [0.3, 0.4) is 0 Å². The van der Waals surface area contributed by atoms with E-state index in [0.717, 1.165) is 30.0 Å². The molecule has 0 aromatic carbocycles. The minimum Gasteiger partial charge on any atom is -0.381 e. The van der Waals surface area contributed by atoms with Gasteiger partial charge in [-0.3, -0.25) is 4.98 Å². The maximum Gasteiger partial charge on any atom is 0.231 e. The molecule has 0 spiro atoms. The van der Waals surface area contributed by atoms with Crippen LogP contribution in [0.2, 0.25) is 0 Å². The molecule has 0 bridgehead atoms. The van der Waals surface area contributed by atoms with Crippen molar-refractivity contribution in [1.82, 2.24) is 10.1 Å². The second kappa shape index (κ2) is 4.18. The highest BCUT2D eigenvalue weighted by atomic mass is 16.5. The van der Waals surface area contributed by atoms with E-state index in [1.807, 2.05) is 18.2 Å². The first-order chi connectivity index (χ1) is 8.36. The van der Waals surface area contributed by atoms with Gasteiger partial charge < -0.3 is 15.0 Å². The summed E-state index contributed by atoms with van der Waals surface area (Å²) in [6, 6.07) is 5.69. The quantitative estimate of drug-likeness (QED) is 0.853. The first-order valence-electron chi connectivity index (χ1n) is 5.60. The van der Waals surface area contributed by atoms with Gasteiger partial charge in [0.15, 0.2) is 0 Å². The van der Waals surface area contributed by atoms with Crippen molar-refractivity contribution >= 4 is 5.88 Å². The molecule has 0 radical (unpaired) electrons. The number of nitrogens with two attached hydrogens (primary N) is 1. The minimum atomic E-state index is 0.257. The van der Waals surface area contributed by atoms with Gasteiger partial charge in [0.05, 0.1) is 17.9 Å². The molecule has 3 rings (SSSR count). The van der Waals surface area contributed by atoms with Crippen LogP contribution < -0.4 is 5.73 Å². The van der Waals surface area contributed by atoms with E-state index in [0.29, 0.717) is 12.5 Å². The lowest BCUT2D eigenvalue weighted by molar-refractivity contribution is 0.193. The molecule has 1 aliphatic heterocycles. The van der Waals surface area contributed by atoms with E-state index in [1.54, 1.807) is 6.20 Å². The number of pyridine rings is 1. The summed E-state index contributed by atoms with van der Waals surface area (Å²) in [5, 5.41) is 4.05. The summed E-state index contributed by atoms with van der Waals surface area (Å²) in [5.41, 5.74) is 8.30. The van der Waals surface area contributed by atoms with Crippen molar-refractivity contribution in [3.8, 4) is 11.3 Å². The average molecular weight is 231 g/mol. The molecule has 1 aliphatic rings. The molecule has 3 heterocycles. The highest BCUT2D eigenvalue weighted by Gasteiger charge is 2.27. The fourth-order valence-electron chi connectivity index (χ4n) is 2.11. The Morgan fingerprint density at radius 2 is 2.29 bits per heavy atom. The molecule has 5 nitrogen and oxygen atoms in total. The van der Waals surface area contributed by atoms with Gasteiger partial charge in [0, 0.05) is 18.7 Å². The molecule has 1 unspecified atom stereocenters. The van der Waals surface area contributed by atoms with Crippen LogP contribution in [0, 0.1) is 0 Å². The highest BCUT2D eigenvalue weighted by Crippen LogP contribution is 2.35. The maximum atomic E-state index is 5.83. The molecule has 5 heteroatoms. The highest BCUT2D eigenvalue weighted by molar-refractivity contribution is 5.72. The van der Waals surface area contributed by atoms with E-state index in [2.05, 4.69) is 10.1 Å². The van der Waals surface area contributed by atoms with Gasteiger partial charge >= 0.3 is 0 Å². The zero-order chi connectivity index (χ0) is 11.7. The Kier molecular flexibility index (Phi) is 2.53. The number of hydrogen-bond acceptors (Lipinski definition) is 5. The molecule has 1 fully saturated rings. The largest absolute Gasteiger partial charge is 0.381 e. The van der Waals surface area contributed by atoms with Gasteiger partial charge in [0.1, 0.15) is 5.69 Å². The predicted molar refractivity (Wildman–Crippen MR) is 62.3 cm³/mol. The summed E-state index contributed by atoms with van der Waals surface area (Å²) in [6.45, 7) is 1.44. The molecule has 1 saturated heterocycles. The summed E-state index contributed by atoms with van der Waals surface area (Å²) in [4.78, 5) is 4.29.